The van der Waals surface area contributed by atoms with E-state index in [1.165, 1.54) is 41.5 Å². The fourth-order valence-corrected chi connectivity index (χ4v) is 4.88. The molecule has 18 nitrogen and oxygen atoms in total. The highest BCUT2D eigenvalue weighted by molar-refractivity contribution is 5.99. The Morgan fingerprint density at radius 2 is 1.13 bits per heavy atom. The largest absolute Gasteiger partial charge is 0.394 e. The highest BCUT2D eigenvalue weighted by atomic mass is 16.3. The molecule has 0 radical (unpaired) electrons. The molecule has 0 aliphatic rings. The molecule has 1 aromatic rings. The zero-order valence-electron chi connectivity index (χ0n) is 32.5. The quantitative estimate of drug-likeness (QED) is 0.0612. The molecular weight excluding hydrogens is 702 g/mol. The minimum absolute atomic E-state index is 0.222. The Kier molecular flexibility index (Phi) is 17.7. The Labute approximate surface area is 316 Å². The van der Waals surface area contributed by atoms with Gasteiger partial charge in [0.15, 0.2) is 0 Å². The van der Waals surface area contributed by atoms with Gasteiger partial charge >= 0.3 is 0 Å². The number of rotatable bonds is 22. The number of aliphatic hydroxyl groups excluding tert-OH is 1. The van der Waals surface area contributed by atoms with Crippen LogP contribution in [0.5, 0.6) is 0 Å². The second kappa shape index (κ2) is 20.4. The van der Waals surface area contributed by atoms with Crippen molar-refractivity contribution in [3.8, 4) is 0 Å². The van der Waals surface area contributed by atoms with E-state index in [9.17, 15) is 43.5 Å². The van der Waals surface area contributed by atoms with Crippen molar-refractivity contribution in [2.45, 2.75) is 128 Å². The lowest BCUT2D eigenvalue weighted by molar-refractivity contribution is -0.139. The molecule has 54 heavy (non-hydrogen) atoms. The van der Waals surface area contributed by atoms with E-state index < -0.39 is 94.6 Å². The van der Waals surface area contributed by atoms with Gasteiger partial charge in [0.1, 0.15) is 29.2 Å². The Morgan fingerprint density at radius 3 is 1.59 bits per heavy atom. The minimum atomic E-state index is -1.71. The smallest absolute Gasteiger partial charge is 0.246 e. The molecule has 0 aliphatic carbocycles. The average Bonchev–Trinajstić information content (AvgIpc) is 3.05. The predicted molar refractivity (Wildman–Crippen MR) is 199 cm³/mol. The van der Waals surface area contributed by atoms with Crippen molar-refractivity contribution < 1.29 is 43.5 Å². The molecule has 0 bridgehead atoms. The maximum absolute atomic E-state index is 13.6. The summed E-state index contributed by atoms with van der Waals surface area (Å²) < 4.78 is 0. The molecule has 302 valence electrons. The van der Waals surface area contributed by atoms with Crippen molar-refractivity contribution in [1.82, 2.24) is 31.9 Å². The predicted octanol–water partition coefficient (Wildman–Crippen LogP) is -2.13. The number of hydrogen-bond donors (Lipinski definition) is 10. The Hall–Kier alpha value is -5.10. The van der Waals surface area contributed by atoms with Crippen LogP contribution in [0.1, 0.15) is 86.6 Å². The molecule has 1 rings (SSSR count). The van der Waals surface area contributed by atoms with E-state index in [1.807, 2.05) is 18.2 Å². The summed E-state index contributed by atoms with van der Waals surface area (Å²) in [6.45, 7) is 11.4. The van der Waals surface area contributed by atoms with Crippen molar-refractivity contribution in [1.29, 1.82) is 0 Å². The van der Waals surface area contributed by atoms with Gasteiger partial charge in [-0.2, -0.15) is 0 Å². The normalized spacial score (nSPS) is 14.1. The summed E-state index contributed by atoms with van der Waals surface area (Å²) >= 11 is 0. The van der Waals surface area contributed by atoms with Crippen LogP contribution in [-0.2, 0) is 44.8 Å². The van der Waals surface area contributed by atoms with Gasteiger partial charge in [0.2, 0.25) is 47.3 Å². The van der Waals surface area contributed by atoms with Gasteiger partial charge in [0.05, 0.1) is 18.2 Å². The third kappa shape index (κ3) is 15.9. The highest BCUT2D eigenvalue weighted by Crippen LogP contribution is 2.13. The van der Waals surface area contributed by atoms with Crippen molar-refractivity contribution in [3.05, 3.63) is 35.9 Å². The molecule has 8 amide bonds. The molecule has 0 saturated heterocycles. The zero-order valence-corrected chi connectivity index (χ0v) is 32.5. The monoisotopic (exact) mass is 761 g/mol. The van der Waals surface area contributed by atoms with E-state index in [0.717, 1.165) is 5.56 Å². The zero-order chi connectivity index (χ0) is 41.6. The lowest BCUT2D eigenvalue weighted by Gasteiger charge is -2.34. The minimum Gasteiger partial charge on any atom is -0.394 e. The number of carbonyl (C=O) groups is 8. The number of hydrogen-bond acceptors (Lipinski definition) is 10. The summed E-state index contributed by atoms with van der Waals surface area (Å²) in [6, 6.07) is 4.45. The maximum atomic E-state index is 13.6. The van der Waals surface area contributed by atoms with Crippen LogP contribution in [0.15, 0.2) is 30.3 Å². The molecule has 0 spiro atoms. The summed E-state index contributed by atoms with van der Waals surface area (Å²) in [7, 11) is 0. The highest BCUT2D eigenvalue weighted by Gasteiger charge is 2.40. The number of aliphatic hydroxyl groups is 1. The van der Waals surface area contributed by atoms with Crippen LogP contribution in [-0.4, -0.2) is 99.8 Å². The van der Waals surface area contributed by atoms with Gasteiger partial charge in [-0.25, -0.2) is 0 Å². The van der Waals surface area contributed by atoms with E-state index in [0.29, 0.717) is 0 Å². The topological polar surface area (TPSA) is 307 Å². The van der Waals surface area contributed by atoms with Gasteiger partial charge < -0.3 is 54.2 Å². The number of primary amides is 2. The van der Waals surface area contributed by atoms with Crippen molar-refractivity contribution >= 4 is 47.3 Å². The summed E-state index contributed by atoms with van der Waals surface area (Å²) in [4.78, 5) is 103. The molecular formula is C36H59N9O9. The average molecular weight is 762 g/mol. The molecule has 4 atom stereocenters. The third-order valence-corrected chi connectivity index (χ3v) is 8.32. The fourth-order valence-electron chi connectivity index (χ4n) is 4.88. The van der Waals surface area contributed by atoms with Crippen LogP contribution in [0.25, 0.3) is 0 Å². The van der Waals surface area contributed by atoms with Crippen molar-refractivity contribution in [2.24, 2.45) is 23.1 Å². The van der Waals surface area contributed by atoms with Gasteiger partial charge in [0, 0.05) is 12.8 Å². The lowest BCUT2D eigenvalue weighted by atomic mass is 9.96. The summed E-state index contributed by atoms with van der Waals surface area (Å²) in [6.07, 6.45) is -0.890. The van der Waals surface area contributed by atoms with Crippen LogP contribution in [0.3, 0.4) is 0 Å². The SMILES string of the molecule is CC(C)[C@H](NC(=O)C(C)(C)N)C(=O)NC(C)(C)C(=O)NC(C)(C)C(=O)N[C@@H](CCC(N)=O)C(=O)N[C@@H](CCC(N)=O)C(=O)N[C@H](CO)Cc1ccccc1. The molecule has 13 N–H and O–H groups in total. The Bertz CT molecular complexity index is 1510. The van der Waals surface area contributed by atoms with Crippen LogP contribution in [0, 0.1) is 5.92 Å². The van der Waals surface area contributed by atoms with E-state index >= 15 is 0 Å². The van der Waals surface area contributed by atoms with Crippen LogP contribution >= 0.6 is 0 Å². The third-order valence-electron chi connectivity index (χ3n) is 8.32. The maximum Gasteiger partial charge on any atom is 0.246 e. The summed E-state index contributed by atoms with van der Waals surface area (Å²) in [5.74, 6) is -6.47. The number of nitrogens with two attached hydrogens (primary N) is 3. The first-order valence-electron chi connectivity index (χ1n) is 17.7. The van der Waals surface area contributed by atoms with Crippen LogP contribution in [0.2, 0.25) is 0 Å². The van der Waals surface area contributed by atoms with Crippen molar-refractivity contribution in [3.63, 3.8) is 0 Å². The Balaban J connectivity index is 3.17. The van der Waals surface area contributed by atoms with Gasteiger partial charge in [0.25, 0.3) is 0 Å². The van der Waals surface area contributed by atoms with Crippen LogP contribution < -0.4 is 49.1 Å². The standard InChI is InChI=1S/C36H59N9O9/c1-20(2)27(43-31(52)34(3,4)39)30(51)44-36(7,8)33(54)45-35(5,6)32(53)42-24(15-17-26(38)48)29(50)41-23(14-16-25(37)47)28(49)40-22(19-46)18-21-12-10-9-11-13-21/h9-13,20,22-24,27,46H,14-19,39H2,1-8H3,(H2,37,47)(H2,38,48)(H,40,49)(H,41,50)(H,42,53)(H,43,52)(H,44,51)(H,45,54)/t22-,23-,24-,27-/m0/s1. The van der Waals surface area contributed by atoms with Gasteiger partial charge in [-0.05, 0) is 72.3 Å². The first kappa shape index (κ1) is 46.9. The molecule has 1 aromatic carbocycles. The molecule has 18 heteroatoms. The van der Waals surface area contributed by atoms with Gasteiger partial charge in [-0.1, -0.05) is 44.2 Å². The lowest BCUT2D eigenvalue weighted by Crippen LogP contribution is -2.66. The second-order valence-corrected chi connectivity index (χ2v) is 15.3. The fraction of sp³-hybridized carbons (Fsp3) is 0.611. The first-order valence-corrected chi connectivity index (χ1v) is 17.7. The number of carbonyl (C=O) groups excluding carboxylic acids is 8. The molecule has 0 fully saturated rings. The molecule has 0 aromatic heterocycles. The van der Waals surface area contributed by atoms with Gasteiger partial charge in [-0.3, -0.25) is 38.4 Å². The summed E-state index contributed by atoms with van der Waals surface area (Å²) in [5, 5.41) is 25.3. The second-order valence-electron chi connectivity index (χ2n) is 15.3. The number of amides is 8. The molecule has 0 unspecified atom stereocenters. The molecule has 0 aliphatic heterocycles. The Morgan fingerprint density at radius 1 is 0.648 bits per heavy atom. The number of nitrogens with one attached hydrogen (secondary N) is 6. The van der Waals surface area contributed by atoms with E-state index in [4.69, 9.17) is 17.2 Å². The van der Waals surface area contributed by atoms with E-state index in [-0.39, 0.29) is 38.0 Å². The number of benzene rings is 1. The summed E-state index contributed by atoms with van der Waals surface area (Å²) in [5.41, 5.74) is 12.7. The van der Waals surface area contributed by atoms with Crippen LogP contribution in [0.4, 0.5) is 0 Å². The first-order chi connectivity index (χ1) is 24.8. The molecule has 0 saturated carbocycles. The van der Waals surface area contributed by atoms with E-state index in [2.05, 4.69) is 31.9 Å². The van der Waals surface area contributed by atoms with E-state index in [1.54, 1.807) is 26.0 Å². The molecule has 0 heterocycles. The van der Waals surface area contributed by atoms with Gasteiger partial charge in [-0.15, -0.1) is 0 Å². The van der Waals surface area contributed by atoms with Crippen molar-refractivity contribution in [2.75, 3.05) is 6.61 Å².